The van der Waals surface area contributed by atoms with Gasteiger partial charge in [0.25, 0.3) is 0 Å². The van der Waals surface area contributed by atoms with Crippen molar-refractivity contribution in [2.24, 2.45) is 11.8 Å². The molecule has 94 valence electrons. The number of rotatable bonds is 8. The van der Waals surface area contributed by atoms with Crippen molar-refractivity contribution in [1.82, 2.24) is 10.2 Å². The van der Waals surface area contributed by atoms with E-state index in [0.717, 1.165) is 18.4 Å². The molecule has 2 nitrogen and oxygen atoms in total. The first-order valence-electron chi connectivity index (χ1n) is 7.06. The van der Waals surface area contributed by atoms with Crippen molar-refractivity contribution in [2.75, 3.05) is 26.2 Å². The Morgan fingerprint density at radius 3 is 1.94 bits per heavy atom. The molecule has 0 heterocycles. The van der Waals surface area contributed by atoms with Gasteiger partial charge in [-0.3, -0.25) is 0 Å². The van der Waals surface area contributed by atoms with E-state index in [1.54, 1.807) is 0 Å². The summed E-state index contributed by atoms with van der Waals surface area (Å²) >= 11 is 0. The molecule has 0 aromatic heterocycles. The zero-order chi connectivity index (χ0) is 11.6. The zero-order valence-corrected chi connectivity index (χ0v) is 11.3. The minimum absolute atomic E-state index is 0.276. The van der Waals surface area contributed by atoms with Gasteiger partial charge < -0.3 is 10.2 Å². The van der Waals surface area contributed by atoms with Gasteiger partial charge in [-0.1, -0.05) is 6.92 Å². The first-order valence-corrected chi connectivity index (χ1v) is 7.06. The van der Waals surface area contributed by atoms with Gasteiger partial charge in [-0.25, -0.2) is 0 Å². The highest BCUT2D eigenvalue weighted by atomic mass is 15.2. The lowest BCUT2D eigenvalue weighted by molar-refractivity contribution is 0.188. The van der Waals surface area contributed by atoms with Gasteiger partial charge in [0.15, 0.2) is 0 Å². The fourth-order valence-electron chi connectivity index (χ4n) is 2.63. The van der Waals surface area contributed by atoms with Crippen molar-refractivity contribution in [3.05, 3.63) is 0 Å². The summed E-state index contributed by atoms with van der Waals surface area (Å²) in [7, 11) is 0. The third kappa shape index (κ3) is 4.42. The summed E-state index contributed by atoms with van der Waals surface area (Å²) in [6.07, 6.45) is 5.90. The van der Waals surface area contributed by atoms with Crippen molar-refractivity contribution in [3.8, 4) is 0 Å². The van der Waals surface area contributed by atoms with Crippen molar-refractivity contribution < 1.29 is 0 Å². The van der Waals surface area contributed by atoms with Crippen LogP contribution in [0.3, 0.4) is 0 Å². The van der Waals surface area contributed by atoms with Gasteiger partial charge >= 0.3 is 0 Å². The molecule has 2 heteroatoms. The summed E-state index contributed by atoms with van der Waals surface area (Å²) in [6.45, 7) is 11.9. The van der Waals surface area contributed by atoms with E-state index >= 15 is 0 Å². The largest absolute Gasteiger partial charge is 0.311 e. The monoisotopic (exact) mass is 224 g/mol. The average molecular weight is 224 g/mol. The third-order valence-corrected chi connectivity index (χ3v) is 3.70. The molecular formula is C14H28N2. The van der Waals surface area contributed by atoms with E-state index in [-0.39, 0.29) is 5.54 Å². The van der Waals surface area contributed by atoms with Crippen LogP contribution in [0.15, 0.2) is 0 Å². The van der Waals surface area contributed by atoms with Crippen LogP contribution in [-0.4, -0.2) is 36.6 Å². The Balaban J connectivity index is 1.78. The minimum Gasteiger partial charge on any atom is -0.311 e. The lowest BCUT2D eigenvalue weighted by Gasteiger charge is -2.33. The summed E-state index contributed by atoms with van der Waals surface area (Å²) in [4.78, 5) is 2.72. The maximum atomic E-state index is 3.60. The molecule has 16 heavy (non-hydrogen) atoms. The Bertz CT molecular complexity index is 203. The van der Waals surface area contributed by atoms with Gasteiger partial charge in [-0.05, 0) is 57.9 Å². The predicted molar refractivity (Wildman–Crippen MR) is 69.6 cm³/mol. The molecule has 2 saturated carbocycles. The van der Waals surface area contributed by atoms with Crippen molar-refractivity contribution in [2.45, 2.75) is 52.0 Å². The van der Waals surface area contributed by atoms with E-state index in [9.17, 15) is 0 Å². The molecule has 1 N–H and O–H groups in total. The van der Waals surface area contributed by atoms with Crippen molar-refractivity contribution in [3.63, 3.8) is 0 Å². The van der Waals surface area contributed by atoms with Crippen LogP contribution in [0.25, 0.3) is 0 Å². The number of likely N-dealkylation sites (N-methyl/N-ethyl adjacent to an activating group) is 1. The molecule has 2 rings (SSSR count). The Morgan fingerprint density at radius 2 is 1.56 bits per heavy atom. The second-order valence-corrected chi connectivity index (χ2v) is 6.50. The summed E-state index contributed by atoms with van der Waals surface area (Å²) < 4.78 is 0. The molecule has 0 unspecified atom stereocenters. The topological polar surface area (TPSA) is 15.3 Å². The summed E-state index contributed by atoms with van der Waals surface area (Å²) in [5.41, 5.74) is 0.276. The van der Waals surface area contributed by atoms with E-state index in [0.29, 0.717) is 0 Å². The fourth-order valence-corrected chi connectivity index (χ4v) is 2.63. The molecule has 0 radical (unpaired) electrons. The Labute approximate surface area is 101 Å². The highest BCUT2D eigenvalue weighted by Gasteiger charge is 2.31. The maximum absolute atomic E-state index is 3.60. The summed E-state index contributed by atoms with van der Waals surface area (Å²) in [6, 6.07) is 0. The summed E-state index contributed by atoms with van der Waals surface area (Å²) in [5, 5.41) is 3.60. The van der Waals surface area contributed by atoms with Crippen LogP contribution in [0.5, 0.6) is 0 Å². The summed E-state index contributed by atoms with van der Waals surface area (Å²) in [5.74, 6) is 2.05. The van der Waals surface area contributed by atoms with Crippen LogP contribution in [0, 0.1) is 11.8 Å². The first kappa shape index (κ1) is 12.4. The molecule has 2 aliphatic rings. The van der Waals surface area contributed by atoms with Gasteiger partial charge in [0.05, 0.1) is 0 Å². The molecule has 2 aliphatic carbocycles. The van der Waals surface area contributed by atoms with Crippen LogP contribution in [0.1, 0.15) is 46.5 Å². The van der Waals surface area contributed by atoms with Gasteiger partial charge in [0.1, 0.15) is 0 Å². The average Bonchev–Trinajstić information content (AvgIpc) is 2.98. The molecule has 0 amide bonds. The molecular weight excluding hydrogens is 196 g/mol. The van der Waals surface area contributed by atoms with Gasteiger partial charge in [0.2, 0.25) is 0 Å². The lowest BCUT2D eigenvalue weighted by atomic mass is 10.0. The smallest absolute Gasteiger partial charge is 0.0252 e. The SMILES string of the molecule is CCNC(C)(C)CN(CC1CC1)CC1CC1. The fraction of sp³-hybridized carbons (Fsp3) is 1.00. The van der Waals surface area contributed by atoms with E-state index in [4.69, 9.17) is 0 Å². The molecule has 0 atom stereocenters. The third-order valence-electron chi connectivity index (χ3n) is 3.70. The highest BCUT2D eigenvalue weighted by molar-refractivity contribution is 4.87. The maximum Gasteiger partial charge on any atom is 0.0252 e. The zero-order valence-electron chi connectivity index (χ0n) is 11.3. The number of nitrogens with zero attached hydrogens (tertiary/aromatic N) is 1. The number of nitrogens with one attached hydrogen (secondary N) is 1. The number of hydrogen-bond donors (Lipinski definition) is 1. The van der Waals surface area contributed by atoms with Crippen molar-refractivity contribution in [1.29, 1.82) is 0 Å². The normalized spacial score (nSPS) is 21.8. The van der Waals surface area contributed by atoms with Crippen LogP contribution in [-0.2, 0) is 0 Å². The molecule has 2 fully saturated rings. The van der Waals surface area contributed by atoms with Gasteiger partial charge in [-0.2, -0.15) is 0 Å². The molecule has 0 aromatic carbocycles. The predicted octanol–water partition coefficient (Wildman–Crippen LogP) is 2.50. The van der Waals surface area contributed by atoms with E-state index < -0.39 is 0 Å². The highest BCUT2D eigenvalue weighted by Crippen LogP contribution is 2.34. The van der Waals surface area contributed by atoms with Crippen molar-refractivity contribution >= 4 is 0 Å². The second kappa shape index (κ2) is 5.05. The van der Waals surface area contributed by atoms with Crippen LogP contribution in [0.2, 0.25) is 0 Å². The molecule has 0 bridgehead atoms. The standard InChI is InChI=1S/C14H28N2/c1-4-15-14(2,3)11-16(9-12-5-6-12)10-13-7-8-13/h12-13,15H,4-11H2,1-3H3. The van der Waals surface area contributed by atoms with Gasteiger partial charge in [-0.15, -0.1) is 0 Å². The lowest BCUT2D eigenvalue weighted by Crippen LogP contribution is -2.50. The molecule has 0 spiro atoms. The Morgan fingerprint density at radius 1 is 1.06 bits per heavy atom. The molecule has 0 aromatic rings. The van der Waals surface area contributed by atoms with E-state index in [1.807, 2.05) is 0 Å². The van der Waals surface area contributed by atoms with E-state index in [1.165, 1.54) is 45.3 Å². The van der Waals surface area contributed by atoms with E-state index in [2.05, 4.69) is 31.0 Å². The van der Waals surface area contributed by atoms with Gasteiger partial charge in [0, 0.05) is 25.2 Å². The first-order chi connectivity index (χ1) is 7.59. The Hall–Kier alpha value is -0.0800. The Kier molecular flexibility index (Phi) is 3.91. The molecule has 0 aliphatic heterocycles. The quantitative estimate of drug-likeness (QED) is 0.681. The number of hydrogen-bond acceptors (Lipinski definition) is 2. The van der Waals surface area contributed by atoms with Crippen LogP contribution < -0.4 is 5.32 Å². The second-order valence-electron chi connectivity index (χ2n) is 6.50. The molecule has 0 saturated heterocycles. The van der Waals surface area contributed by atoms with Crippen LogP contribution >= 0.6 is 0 Å². The van der Waals surface area contributed by atoms with Crippen LogP contribution in [0.4, 0.5) is 0 Å². The minimum atomic E-state index is 0.276.